The summed E-state index contributed by atoms with van der Waals surface area (Å²) in [6.45, 7) is 2.65. The lowest BCUT2D eigenvalue weighted by atomic mass is 10.1. The van der Waals surface area contributed by atoms with E-state index in [9.17, 15) is 9.59 Å². The van der Waals surface area contributed by atoms with Crippen molar-refractivity contribution in [2.75, 3.05) is 6.54 Å². The Kier molecular flexibility index (Phi) is 4.89. The summed E-state index contributed by atoms with van der Waals surface area (Å²) >= 11 is 0. The number of nitrogens with zero attached hydrogens (tertiary/aromatic N) is 2. The predicted octanol–water partition coefficient (Wildman–Crippen LogP) is 2.72. The summed E-state index contributed by atoms with van der Waals surface area (Å²) in [5, 5.41) is 13.8. The van der Waals surface area contributed by atoms with Gasteiger partial charge >= 0.3 is 0 Å². The van der Waals surface area contributed by atoms with Gasteiger partial charge in [0.1, 0.15) is 6.04 Å². The molecule has 7 nitrogen and oxygen atoms in total. The summed E-state index contributed by atoms with van der Waals surface area (Å²) in [4.78, 5) is 24.2. The Morgan fingerprint density at radius 1 is 1.11 bits per heavy atom. The SMILES string of the molecule is Cc1ccccc1-c1nnc(-c2ccc(C(=O)NC3CCCNC3=O)cc2)o1. The van der Waals surface area contributed by atoms with Crippen LogP contribution < -0.4 is 10.6 Å². The standard InChI is InChI=1S/C21H20N4O3/c1-13-5-2-3-6-16(13)21-25-24-20(28-21)15-10-8-14(9-11-15)18(26)23-17-7-4-12-22-19(17)27/h2-3,5-6,8-11,17H,4,7,12H2,1H3,(H,22,27)(H,23,26). The van der Waals surface area contributed by atoms with Gasteiger partial charge in [0.2, 0.25) is 17.7 Å². The zero-order chi connectivity index (χ0) is 19.5. The van der Waals surface area contributed by atoms with Gasteiger partial charge in [-0.15, -0.1) is 10.2 Å². The molecular formula is C21H20N4O3. The zero-order valence-corrected chi connectivity index (χ0v) is 15.4. The quantitative estimate of drug-likeness (QED) is 0.730. The number of carbonyl (C=O) groups excluding carboxylic acids is 2. The third kappa shape index (κ3) is 3.64. The normalized spacial score (nSPS) is 16.5. The summed E-state index contributed by atoms with van der Waals surface area (Å²) in [5.41, 5.74) is 3.14. The minimum Gasteiger partial charge on any atom is -0.416 e. The second kappa shape index (κ2) is 7.64. The van der Waals surface area contributed by atoms with Crippen LogP contribution >= 0.6 is 0 Å². The van der Waals surface area contributed by atoms with Crippen molar-refractivity contribution < 1.29 is 14.0 Å². The molecule has 1 aliphatic rings. The molecule has 2 amide bonds. The van der Waals surface area contributed by atoms with Crippen molar-refractivity contribution in [1.29, 1.82) is 0 Å². The highest BCUT2D eigenvalue weighted by Crippen LogP contribution is 2.26. The molecule has 0 spiro atoms. The average molecular weight is 376 g/mol. The number of piperidine rings is 1. The highest BCUT2D eigenvalue weighted by molar-refractivity contribution is 5.98. The largest absolute Gasteiger partial charge is 0.416 e. The number of rotatable bonds is 4. The predicted molar refractivity (Wildman–Crippen MR) is 103 cm³/mol. The fraction of sp³-hybridized carbons (Fsp3) is 0.238. The maximum absolute atomic E-state index is 12.4. The van der Waals surface area contributed by atoms with Crippen molar-refractivity contribution in [3.05, 3.63) is 59.7 Å². The first-order chi connectivity index (χ1) is 13.6. The topological polar surface area (TPSA) is 97.1 Å². The van der Waals surface area contributed by atoms with Crippen LogP contribution in [0.15, 0.2) is 52.9 Å². The van der Waals surface area contributed by atoms with E-state index < -0.39 is 6.04 Å². The number of benzene rings is 2. The fourth-order valence-electron chi connectivity index (χ4n) is 3.18. The smallest absolute Gasteiger partial charge is 0.251 e. The number of carbonyl (C=O) groups is 2. The molecule has 142 valence electrons. The van der Waals surface area contributed by atoms with Gasteiger partial charge in [0.05, 0.1) is 0 Å². The van der Waals surface area contributed by atoms with Crippen molar-refractivity contribution >= 4 is 11.8 Å². The molecule has 28 heavy (non-hydrogen) atoms. The second-order valence-corrected chi connectivity index (χ2v) is 6.76. The third-order valence-corrected chi connectivity index (χ3v) is 4.79. The molecule has 1 saturated heterocycles. The summed E-state index contributed by atoms with van der Waals surface area (Å²) in [5.74, 6) is 0.431. The number of hydrogen-bond donors (Lipinski definition) is 2. The van der Waals surface area contributed by atoms with Gasteiger partial charge in [0.15, 0.2) is 0 Å². The number of nitrogens with one attached hydrogen (secondary N) is 2. The summed E-state index contributed by atoms with van der Waals surface area (Å²) < 4.78 is 5.80. The van der Waals surface area contributed by atoms with E-state index in [1.54, 1.807) is 24.3 Å². The van der Waals surface area contributed by atoms with Crippen LogP contribution in [-0.2, 0) is 4.79 Å². The van der Waals surface area contributed by atoms with Gasteiger partial charge in [-0.25, -0.2) is 0 Å². The molecule has 1 aliphatic heterocycles. The first kappa shape index (κ1) is 17.9. The van der Waals surface area contributed by atoms with Crippen molar-refractivity contribution in [1.82, 2.24) is 20.8 Å². The molecule has 1 unspecified atom stereocenters. The first-order valence-corrected chi connectivity index (χ1v) is 9.20. The zero-order valence-electron chi connectivity index (χ0n) is 15.4. The van der Waals surface area contributed by atoms with Crippen LogP contribution in [0.1, 0.15) is 28.8 Å². The van der Waals surface area contributed by atoms with Crippen molar-refractivity contribution in [2.45, 2.75) is 25.8 Å². The van der Waals surface area contributed by atoms with Gasteiger partial charge < -0.3 is 15.1 Å². The van der Waals surface area contributed by atoms with Crippen LogP contribution in [0.25, 0.3) is 22.9 Å². The first-order valence-electron chi connectivity index (χ1n) is 9.20. The molecule has 1 atom stereocenters. The Morgan fingerprint density at radius 2 is 1.86 bits per heavy atom. The third-order valence-electron chi connectivity index (χ3n) is 4.79. The van der Waals surface area contributed by atoms with Gasteiger partial charge in [-0.05, 0) is 55.7 Å². The molecule has 0 bridgehead atoms. The molecular weight excluding hydrogens is 356 g/mol. The molecule has 4 rings (SSSR count). The minimum absolute atomic E-state index is 0.134. The van der Waals surface area contributed by atoms with Crippen LogP contribution in [-0.4, -0.2) is 34.6 Å². The Morgan fingerprint density at radius 3 is 2.61 bits per heavy atom. The van der Waals surface area contributed by atoms with E-state index in [2.05, 4.69) is 20.8 Å². The lowest BCUT2D eigenvalue weighted by molar-refractivity contribution is -0.124. The van der Waals surface area contributed by atoms with E-state index in [1.807, 2.05) is 31.2 Å². The summed E-state index contributed by atoms with van der Waals surface area (Å²) in [7, 11) is 0. The Bertz CT molecular complexity index is 1010. The Balaban J connectivity index is 1.48. The summed E-state index contributed by atoms with van der Waals surface area (Å²) in [6, 6.07) is 14.2. The Labute approximate surface area is 162 Å². The summed E-state index contributed by atoms with van der Waals surface area (Å²) in [6.07, 6.45) is 1.51. The lowest BCUT2D eigenvalue weighted by Gasteiger charge is -2.22. The number of amides is 2. The van der Waals surface area contributed by atoms with Gasteiger partial charge in [-0.3, -0.25) is 9.59 Å². The molecule has 0 aliphatic carbocycles. The molecule has 0 saturated carbocycles. The molecule has 2 aromatic carbocycles. The molecule has 1 fully saturated rings. The molecule has 2 N–H and O–H groups in total. The van der Waals surface area contributed by atoms with Gasteiger partial charge in [0.25, 0.3) is 5.91 Å². The average Bonchev–Trinajstić information content (AvgIpc) is 3.20. The van der Waals surface area contributed by atoms with Crippen molar-refractivity contribution in [2.24, 2.45) is 0 Å². The van der Waals surface area contributed by atoms with Gasteiger partial charge in [-0.1, -0.05) is 18.2 Å². The van der Waals surface area contributed by atoms with Crippen molar-refractivity contribution in [3.8, 4) is 22.9 Å². The van der Waals surface area contributed by atoms with Crippen LogP contribution in [0, 0.1) is 6.92 Å². The fourth-order valence-corrected chi connectivity index (χ4v) is 3.18. The van der Waals surface area contributed by atoms with E-state index >= 15 is 0 Å². The van der Waals surface area contributed by atoms with Crippen LogP contribution in [0.2, 0.25) is 0 Å². The van der Waals surface area contributed by atoms with Crippen LogP contribution in [0.3, 0.4) is 0 Å². The van der Waals surface area contributed by atoms with E-state index in [1.165, 1.54) is 0 Å². The molecule has 7 heteroatoms. The van der Waals surface area contributed by atoms with E-state index in [4.69, 9.17) is 4.42 Å². The van der Waals surface area contributed by atoms with Crippen LogP contribution in [0.4, 0.5) is 0 Å². The second-order valence-electron chi connectivity index (χ2n) is 6.76. The molecule has 0 radical (unpaired) electrons. The maximum atomic E-state index is 12.4. The molecule has 1 aromatic heterocycles. The monoisotopic (exact) mass is 376 g/mol. The van der Waals surface area contributed by atoms with Gasteiger partial charge in [0, 0.05) is 23.2 Å². The molecule has 2 heterocycles. The van der Waals surface area contributed by atoms with Crippen molar-refractivity contribution in [3.63, 3.8) is 0 Å². The van der Waals surface area contributed by atoms with Crippen LogP contribution in [0.5, 0.6) is 0 Å². The number of aryl methyl sites for hydroxylation is 1. The molecule has 3 aromatic rings. The lowest BCUT2D eigenvalue weighted by Crippen LogP contribution is -2.50. The number of hydrogen-bond acceptors (Lipinski definition) is 5. The Hall–Kier alpha value is -3.48. The maximum Gasteiger partial charge on any atom is 0.251 e. The number of aromatic nitrogens is 2. The van der Waals surface area contributed by atoms with E-state index in [-0.39, 0.29) is 11.8 Å². The van der Waals surface area contributed by atoms with Gasteiger partial charge in [-0.2, -0.15) is 0 Å². The minimum atomic E-state index is -0.478. The van der Waals surface area contributed by atoms with E-state index in [0.717, 1.165) is 23.1 Å². The highest BCUT2D eigenvalue weighted by Gasteiger charge is 2.24. The van der Waals surface area contributed by atoms with E-state index in [0.29, 0.717) is 30.3 Å². The highest BCUT2D eigenvalue weighted by atomic mass is 16.4.